The molecule has 1 N–H and O–H groups in total. The van der Waals surface area contributed by atoms with Gasteiger partial charge in [0.15, 0.2) is 0 Å². The second-order valence-electron chi connectivity index (χ2n) is 6.10. The van der Waals surface area contributed by atoms with Crippen LogP contribution in [0.25, 0.3) is 0 Å². The van der Waals surface area contributed by atoms with Crippen LogP contribution < -0.4 is 4.72 Å². The lowest BCUT2D eigenvalue weighted by atomic mass is 10.1. The predicted molar refractivity (Wildman–Crippen MR) is 95.2 cm³/mol. The Labute approximate surface area is 144 Å². The molecule has 0 atom stereocenters. The molecule has 132 valence electrons. The number of nitrogens with one attached hydrogen (secondary N) is 1. The molecule has 6 nitrogen and oxygen atoms in total. The van der Waals surface area contributed by atoms with Gasteiger partial charge in [-0.2, -0.15) is 5.10 Å². The number of hydrogen-bond acceptors (Lipinski definition) is 4. The van der Waals surface area contributed by atoms with E-state index in [4.69, 9.17) is 0 Å². The maximum Gasteiger partial charge on any atom is 0.244 e. The molecule has 2 rings (SSSR count). The van der Waals surface area contributed by atoms with Crippen LogP contribution >= 0.6 is 0 Å². The summed E-state index contributed by atoms with van der Waals surface area (Å²) in [6.07, 6.45) is 0. The molecule has 0 aliphatic heterocycles. The fourth-order valence-electron chi connectivity index (χ4n) is 2.66. The molecule has 0 unspecified atom stereocenters. The normalized spacial score (nSPS) is 12.1. The van der Waals surface area contributed by atoms with Crippen molar-refractivity contribution in [2.45, 2.75) is 38.8 Å². The third kappa shape index (κ3) is 4.23. The molecule has 0 amide bonds. The summed E-state index contributed by atoms with van der Waals surface area (Å²) in [7, 11) is 0.221. The molecule has 1 aromatic carbocycles. The van der Waals surface area contributed by atoms with Crippen molar-refractivity contribution in [3.63, 3.8) is 0 Å². The van der Waals surface area contributed by atoms with Gasteiger partial charge < -0.3 is 4.90 Å². The highest BCUT2D eigenvalue weighted by atomic mass is 32.2. The Morgan fingerprint density at radius 3 is 2.50 bits per heavy atom. The van der Waals surface area contributed by atoms with E-state index >= 15 is 0 Å². The van der Waals surface area contributed by atoms with E-state index in [2.05, 4.69) is 34.8 Å². The zero-order chi connectivity index (χ0) is 17.9. The van der Waals surface area contributed by atoms with Crippen molar-refractivity contribution in [1.29, 1.82) is 0 Å². The van der Waals surface area contributed by atoms with E-state index in [0.717, 1.165) is 18.7 Å². The van der Waals surface area contributed by atoms with E-state index < -0.39 is 10.0 Å². The molecule has 0 bridgehead atoms. The van der Waals surface area contributed by atoms with Crippen molar-refractivity contribution in [3.05, 3.63) is 46.8 Å². The van der Waals surface area contributed by atoms with E-state index in [0.29, 0.717) is 11.4 Å². The summed E-state index contributed by atoms with van der Waals surface area (Å²) in [6, 6.07) is 7.99. The zero-order valence-corrected chi connectivity index (χ0v) is 15.8. The van der Waals surface area contributed by atoms with E-state index in [1.807, 2.05) is 18.2 Å². The van der Waals surface area contributed by atoms with Crippen LogP contribution in [0.15, 0.2) is 29.2 Å². The van der Waals surface area contributed by atoms with Crippen molar-refractivity contribution >= 4 is 10.0 Å². The molecule has 1 aromatic heterocycles. The highest BCUT2D eigenvalue weighted by molar-refractivity contribution is 7.89. The third-order valence-corrected chi connectivity index (χ3v) is 5.81. The first-order valence-electron chi connectivity index (χ1n) is 8.00. The van der Waals surface area contributed by atoms with Crippen LogP contribution in [-0.2, 0) is 30.2 Å². The van der Waals surface area contributed by atoms with Gasteiger partial charge in [0.2, 0.25) is 10.0 Å². The number of hydrogen-bond donors (Lipinski definition) is 1. The molecule has 0 spiro atoms. The summed E-state index contributed by atoms with van der Waals surface area (Å²) in [5, 5.41) is 4.18. The van der Waals surface area contributed by atoms with E-state index in [1.54, 1.807) is 25.6 Å². The monoisotopic (exact) mass is 350 g/mol. The smallest absolute Gasteiger partial charge is 0.244 e. The second-order valence-corrected chi connectivity index (χ2v) is 7.80. The van der Waals surface area contributed by atoms with Gasteiger partial charge in [0.05, 0.1) is 11.4 Å². The zero-order valence-electron chi connectivity index (χ0n) is 15.0. The molecule has 0 aliphatic carbocycles. The second kappa shape index (κ2) is 7.46. The van der Waals surface area contributed by atoms with Gasteiger partial charge in [-0.1, -0.05) is 31.2 Å². The standard InChI is InChI=1S/C17H26N4O2S/c1-6-20(4)12-16-9-7-8-15(10-16)11-18-24(22,23)17-13(2)19-21(5)14(17)3/h7-10,18H,6,11-12H2,1-5H3. The molecule has 1 heterocycles. The fraction of sp³-hybridized carbons (Fsp3) is 0.471. The number of sulfonamides is 1. The van der Waals surface area contributed by atoms with Crippen molar-refractivity contribution < 1.29 is 8.42 Å². The summed E-state index contributed by atoms with van der Waals surface area (Å²) in [6.45, 7) is 7.66. The number of rotatable bonds is 7. The summed E-state index contributed by atoms with van der Waals surface area (Å²) in [5.41, 5.74) is 3.27. The summed E-state index contributed by atoms with van der Waals surface area (Å²) in [4.78, 5) is 2.47. The quantitative estimate of drug-likeness (QED) is 0.829. The molecule has 7 heteroatoms. The molecule has 0 aliphatic rings. The lowest BCUT2D eigenvalue weighted by Crippen LogP contribution is -2.24. The van der Waals surface area contributed by atoms with Gasteiger partial charge in [0.1, 0.15) is 4.90 Å². The van der Waals surface area contributed by atoms with E-state index in [9.17, 15) is 8.42 Å². The summed E-state index contributed by atoms with van der Waals surface area (Å²) >= 11 is 0. The first-order chi connectivity index (χ1) is 11.2. The van der Waals surface area contributed by atoms with Crippen LogP contribution in [-0.4, -0.2) is 36.7 Å². The van der Waals surface area contributed by atoms with Crippen LogP contribution in [0.3, 0.4) is 0 Å². The molecule has 0 saturated carbocycles. The number of aryl methyl sites for hydroxylation is 2. The Morgan fingerprint density at radius 2 is 1.92 bits per heavy atom. The molecule has 0 saturated heterocycles. The van der Waals surface area contributed by atoms with Gasteiger partial charge in [-0.3, -0.25) is 4.68 Å². The number of aromatic nitrogens is 2. The predicted octanol–water partition coefficient (Wildman–Crippen LogP) is 1.97. The minimum atomic E-state index is -3.58. The number of nitrogens with zero attached hydrogens (tertiary/aromatic N) is 3. The van der Waals surface area contributed by atoms with Crippen LogP contribution in [0.4, 0.5) is 0 Å². The summed E-state index contributed by atoms with van der Waals surface area (Å²) < 4.78 is 29.5. The van der Waals surface area contributed by atoms with Crippen LogP contribution in [0.1, 0.15) is 29.4 Å². The first kappa shape index (κ1) is 18.6. The lowest BCUT2D eigenvalue weighted by molar-refractivity contribution is 0.345. The van der Waals surface area contributed by atoms with Gasteiger partial charge in [0, 0.05) is 20.1 Å². The average molecular weight is 350 g/mol. The Bertz CT molecular complexity index is 812. The topological polar surface area (TPSA) is 67.2 Å². The molecule has 0 fully saturated rings. The Kier molecular flexibility index (Phi) is 5.79. The number of benzene rings is 1. The van der Waals surface area contributed by atoms with Crippen molar-refractivity contribution in [3.8, 4) is 0 Å². The maximum absolute atomic E-state index is 12.6. The SMILES string of the molecule is CCN(C)Cc1cccc(CNS(=O)(=O)c2c(C)nn(C)c2C)c1. The molecular formula is C17H26N4O2S. The van der Waals surface area contributed by atoms with Gasteiger partial charge >= 0.3 is 0 Å². The fourth-order valence-corrected chi connectivity index (χ4v) is 4.11. The summed E-state index contributed by atoms with van der Waals surface area (Å²) in [5.74, 6) is 0. The van der Waals surface area contributed by atoms with Gasteiger partial charge in [-0.15, -0.1) is 0 Å². The Hall–Kier alpha value is -1.70. The average Bonchev–Trinajstić information content (AvgIpc) is 2.79. The van der Waals surface area contributed by atoms with E-state index in [1.165, 1.54) is 5.56 Å². The highest BCUT2D eigenvalue weighted by Crippen LogP contribution is 2.18. The Morgan fingerprint density at radius 1 is 1.25 bits per heavy atom. The maximum atomic E-state index is 12.6. The van der Waals surface area contributed by atoms with Crippen LogP contribution in [0, 0.1) is 13.8 Å². The highest BCUT2D eigenvalue weighted by Gasteiger charge is 2.23. The molecule has 0 radical (unpaired) electrons. The van der Waals surface area contributed by atoms with Crippen molar-refractivity contribution in [2.24, 2.45) is 7.05 Å². The lowest BCUT2D eigenvalue weighted by Gasteiger charge is -2.14. The van der Waals surface area contributed by atoms with E-state index in [-0.39, 0.29) is 11.4 Å². The van der Waals surface area contributed by atoms with Crippen molar-refractivity contribution in [2.75, 3.05) is 13.6 Å². The molecule has 2 aromatic rings. The van der Waals surface area contributed by atoms with Crippen LogP contribution in [0.2, 0.25) is 0 Å². The van der Waals surface area contributed by atoms with Crippen LogP contribution in [0.5, 0.6) is 0 Å². The molecular weight excluding hydrogens is 324 g/mol. The first-order valence-corrected chi connectivity index (χ1v) is 9.49. The van der Waals surface area contributed by atoms with Gasteiger partial charge in [0.25, 0.3) is 0 Å². The van der Waals surface area contributed by atoms with Gasteiger partial charge in [-0.05, 0) is 38.6 Å². The van der Waals surface area contributed by atoms with Gasteiger partial charge in [-0.25, -0.2) is 13.1 Å². The third-order valence-electron chi connectivity index (χ3n) is 4.16. The van der Waals surface area contributed by atoms with Crippen molar-refractivity contribution in [1.82, 2.24) is 19.4 Å². The largest absolute Gasteiger partial charge is 0.302 e. The Balaban J connectivity index is 2.14. The molecule has 24 heavy (non-hydrogen) atoms. The minimum Gasteiger partial charge on any atom is -0.302 e. The minimum absolute atomic E-state index is 0.264.